The molecule has 0 amide bonds. The van der Waals surface area contributed by atoms with Gasteiger partial charge in [-0.05, 0) is 19.3 Å². The third-order valence-corrected chi connectivity index (χ3v) is 4.04. The number of aryl methyl sites for hydroxylation is 1. The van der Waals surface area contributed by atoms with E-state index in [2.05, 4.69) is 42.5 Å². The molecule has 4 nitrogen and oxygen atoms in total. The Morgan fingerprint density at radius 1 is 1.44 bits per heavy atom. The summed E-state index contributed by atoms with van der Waals surface area (Å²) in [5.74, 6) is 1.12. The molecule has 1 fully saturated rings. The first-order chi connectivity index (χ1) is 8.85. The highest BCUT2D eigenvalue weighted by Crippen LogP contribution is 2.24. The van der Waals surface area contributed by atoms with Crippen LogP contribution in [0.3, 0.4) is 0 Å². The van der Waals surface area contributed by atoms with Crippen molar-refractivity contribution >= 4 is 15.9 Å². The first-order valence-electron chi connectivity index (χ1n) is 7.01. The van der Waals surface area contributed by atoms with Gasteiger partial charge in [0, 0.05) is 24.5 Å². The number of halogens is 1. The van der Waals surface area contributed by atoms with Crippen LogP contribution >= 0.6 is 15.9 Å². The maximum absolute atomic E-state index is 4.42. The van der Waals surface area contributed by atoms with Crippen molar-refractivity contribution in [2.45, 2.75) is 58.2 Å². The maximum atomic E-state index is 4.42. The molecule has 0 saturated heterocycles. The molecular formula is C13H23BrN4. The van der Waals surface area contributed by atoms with Crippen LogP contribution in [0.1, 0.15) is 44.9 Å². The molecule has 0 radical (unpaired) electrons. The van der Waals surface area contributed by atoms with Gasteiger partial charge < -0.3 is 0 Å². The smallest absolute Gasteiger partial charge is 0.141 e. The maximum Gasteiger partial charge on any atom is 0.141 e. The molecule has 1 aliphatic rings. The molecule has 5 heteroatoms. The standard InChI is InChI=1S/C13H23BrN4/c1-2-8-18-13(15-11-16-18)10-17(9-7-14)12-5-3-4-6-12/h11-12H,2-10H2,1H3. The van der Waals surface area contributed by atoms with Crippen molar-refractivity contribution in [3.8, 4) is 0 Å². The number of rotatable bonds is 7. The van der Waals surface area contributed by atoms with Crippen molar-refractivity contribution in [2.24, 2.45) is 0 Å². The molecule has 1 heterocycles. The molecule has 1 aromatic heterocycles. The van der Waals surface area contributed by atoms with E-state index in [9.17, 15) is 0 Å². The summed E-state index contributed by atoms with van der Waals surface area (Å²) in [4.78, 5) is 6.99. The highest BCUT2D eigenvalue weighted by atomic mass is 79.9. The second kappa shape index (κ2) is 7.24. The van der Waals surface area contributed by atoms with Gasteiger partial charge in [0.2, 0.25) is 0 Å². The van der Waals surface area contributed by atoms with Gasteiger partial charge >= 0.3 is 0 Å². The topological polar surface area (TPSA) is 34.0 Å². The zero-order valence-corrected chi connectivity index (χ0v) is 12.8. The number of nitrogens with zero attached hydrogens (tertiary/aromatic N) is 4. The van der Waals surface area contributed by atoms with E-state index in [1.54, 1.807) is 6.33 Å². The van der Waals surface area contributed by atoms with Crippen LogP contribution < -0.4 is 0 Å². The van der Waals surface area contributed by atoms with Crippen LogP contribution in [0.2, 0.25) is 0 Å². The average molecular weight is 315 g/mol. The van der Waals surface area contributed by atoms with Crippen LogP contribution in [-0.4, -0.2) is 37.6 Å². The summed E-state index contributed by atoms with van der Waals surface area (Å²) in [5, 5.41) is 5.35. The Morgan fingerprint density at radius 2 is 2.22 bits per heavy atom. The molecule has 1 aromatic rings. The largest absolute Gasteiger partial charge is 0.292 e. The molecule has 0 unspecified atom stereocenters. The predicted octanol–water partition coefficient (Wildman–Crippen LogP) is 2.83. The van der Waals surface area contributed by atoms with Crippen molar-refractivity contribution in [1.29, 1.82) is 0 Å². The third-order valence-electron chi connectivity index (χ3n) is 3.69. The minimum absolute atomic E-state index is 0.745. The molecule has 0 aliphatic heterocycles. The highest BCUT2D eigenvalue weighted by molar-refractivity contribution is 9.09. The van der Waals surface area contributed by atoms with Crippen molar-refractivity contribution in [2.75, 3.05) is 11.9 Å². The number of hydrogen-bond donors (Lipinski definition) is 0. The van der Waals surface area contributed by atoms with E-state index in [4.69, 9.17) is 0 Å². The molecule has 0 N–H and O–H groups in total. The minimum atomic E-state index is 0.745. The summed E-state index contributed by atoms with van der Waals surface area (Å²) in [5.41, 5.74) is 0. The minimum Gasteiger partial charge on any atom is -0.292 e. The van der Waals surface area contributed by atoms with E-state index in [1.165, 1.54) is 25.7 Å². The molecule has 1 saturated carbocycles. The van der Waals surface area contributed by atoms with Crippen molar-refractivity contribution < 1.29 is 0 Å². The molecule has 102 valence electrons. The van der Waals surface area contributed by atoms with Crippen LogP contribution in [0.4, 0.5) is 0 Å². The highest BCUT2D eigenvalue weighted by Gasteiger charge is 2.23. The second-order valence-corrected chi connectivity index (χ2v) is 5.79. The fourth-order valence-electron chi connectivity index (χ4n) is 2.76. The lowest BCUT2D eigenvalue weighted by Gasteiger charge is -2.27. The summed E-state index contributed by atoms with van der Waals surface area (Å²) < 4.78 is 2.05. The summed E-state index contributed by atoms with van der Waals surface area (Å²) in [7, 11) is 0. The van der Waals surface area contributed by atoms with E-state index in [0.29, 0.717) is 0 Å². The first kappa shape index (κ1) is 14.0. The van der Waals surface area contributed by atoms with Crippen LogP contribution in [0.5, 0.6) is 0 Å². The van der Waals surface area contributed by atoms with Gasteiger partial charge in [-0.2, -0.15) is 5.10 Å². The van der Waals surface area contributed by atoms with Gasteiger partial charge in [0.1, 0.15) is 12.2 Å². The van der Waals surface area contributed by atoms with Crippen LogP contribution in [0, 0.1) is 0 Å². The lowest BCUT2D eigenvalue weighted by molar-refractivity contribution is 0.194. The van der Waals surface area contributed by atoms with E-state index < -0.39 is 0 Å². The summed E-state index contributed by atoms with van der Waals surface area (Å²) in [6, 6.07) is 0.745. The average Bonchev–Trinajstić information content (AvgIpc) is 3.01. The predicted molar refractivity (Wildman–Crippen MR) is 76.8 cm³/mol. The molecule has 0 aromatic carbocycles. The van der Waals surface area contributed by atoms with E-state index in [-0.39, 0.29) is 0 Å². The first-order valence-corrected chi connectivity index (χ1v) is 8.14. The number of aromatic nitrogens is 3. The SMILES string of the molecule is CCCn1ncnc1CN(CCBr)C1CCCC1. The van der Waals surface area contributed by atoms with E-state index in [1.807, 2.05) is 0 Å². The second-order valence-electron chi connectivity index (χ2n) is 5.00. The van der Waals surface area contributed by atoms with E-state index >= 15 is 0 Å². The lowest BCUT2D eigenvalue weighted by atomic mass is 10.2. The van der Waals surface area contributed by atoms with E-state index in [0.717, 1.165) is 43.3 Å². The van der Waals surface area contributed by atoms with Gasteiger partial charge in [-0.3, -0.25) is 4.90 Å². The van der Waals surface area contributed by atoms with Crippen molar-refractivity contribution in [1.82, 2.24) is 19.7 Å². The molecule has 1 aliphatic carbocycles. The molecule has 2 rings (SSSR count). The fourth-order valence-corrected chi connectivity index (χ4v) is 3.21. The Morgan fingerprint density at radius 3 is 2.89 bits per heavy atom. The lowest BCUT2D eigenvalue weighted by Crippen LogP contribution is -2.35. The fraction of sp³-hybridized carbons (Fsp3) is 0.846. The Hall–Kier alpha value is -0.420. The van der Waals surface area contributed by atoms with Crippen LogP contribution in [-0.2, 0) is 13.1 Å². The zero-order chi connectivity index (χ0) is 12.8. The Balaban J connectivity index is 2.00. The molecule has 0 spiro atoms. The Bertz CT molecular complexity index is 347. The van der Waals surface area contributed by atoms with Gasteiger partial charge in [-0.1, -0.05) is 35.7 Å². The van der Waals surface area contributed by atoms with Gasteiger partial charge in [0.15, 0.2) is 0 Å². The normalized spacial score (nSPS) is 16.8. The summed E-state index contributed by atoms with van der Waals surface area (Å²) >= 11 is 3.57. The summed E-state index contributed by atoms with van der Waals surface area (Å²) in [6.45, 7) is 5.20. The number of hydrogen-bond acceptors (Lipinski definition) is 3. The molecule has 0 bridgehead atoms. The van der Waals surface area contributed by atoms with Crippen LogP contribution in [0.15, 0.2) is 6.33 Å². The van der Waals surface area contributed by atoms with Gasteiger partial charge in [-0.25, -0.2) is 9.67 Å². The third kappa shape index (κ3) is 3.54. The van der Waals surface area contributed by atoms with Gasteiger partial charge in [-0.15, -0.1) is 0 Å². The van der Waals surface area contributed by atoms with Crippen LogP contribution in [0.25, 0.3) is 0 Å². The quantitative estimate of drug-likeness (QED) is 0.726. The molecule has 18 heavy (non-hydrogen) atoms. The monoisotopic (exact) mass is 314 g/mol. The Kier molecular flexibility index (Phi) is 5.63. The van der Waals surface area contributed by atoms with Crippen molar-refractivity contribution in [3.05, 3.63) is 12.2 Å². The molecule has 0 atom stereocenters. The molecular weight excluding hydrogens is 292 g/mol. The Labute approximate surface area is 118 Å². The van der Waals surface area contributed by atoms with Gasteiger partial charge in [0.25, 0.3) is 0 Å². The zero-order valence-electron chi connectivity index (χ0n) is 11.2. The summed E-state index contributed by atoms with van der Waals surface area (Å²) in [6.07, 6.45) is 8.24. The number of alkyl halides is 1. The van der Waals surface area contributed by atoms with Crippen molar-refractivity contribution in [3.63, 3.8) is 0 Å². The van der Waals surface area contributed by atoms with Gasteiger partial charge in [0.05, 0.1) is 6.54 Å².